The molecular weight excluding hydrogens is 258 g/mol. The molecular formula is C15H21NO2S. The summed E-state index contributed by atoms with van der Waals surface area (Å²) in [4.78, 5) is 0.316. The van der Waals surface area contributed by atoms with E-state index in [0.29, 0.717) is 17.9 Å². The molecule has 0 radical (unpaired) electrons. The molecule has 0 aliphatic heterocycles. The van der Waals surface area contributed by atoms with Crippen LogP contribution >= 0.6 is 0 Å². The number of hydrogen-bond acceptors (Lipinski definition) is 2. The molecule has 4 heteroatoms. The predicted molar refractivity (Wildman–Crippen MR) is 79.5 cm³/mol. The number of rotatable bonds is 7. The normalized spacial score (nSPS) is 13.2. The van der Waals surface area contributed by atoms with Crippen molar-refractivity contribution in [2.45, 2.75) is 31.2 Å². The molecule has 0 aromatic heterocycles. The van der Waals surface area contributed by atoms with E-state index >= 15 is 0 Å². The topological polar surface area (TPSA) is 37.4 Å². The second kappa shape index (κ2) is 6.68. The van der Waals surface area contributed by atoms with E-state index in [1.807, 2.05) is 13.8 Å². The average Bonchev–Trinajstić information content (AvgIpc) is 2.39. The monoisotopic (exact) mass is 279 g/mol. The highest BCUT2D eigenvalue weighted by molar-refractivity contribution is 7.89. The molecule has 1 unspecified atom stereocenters. The van der Waals surface area contributed by atoms with Gasteiger partial charge in [-0.2, -0.15) is 4.31 Å². The molecule has 0 saturated heterocycles. The fraction of sp³-hybridized carbons (Fsp3) is 0.333. The predicted octanol–water partition coefficient (Wildman–Crippen LogP) is 3.14. The van der Waals surface area contributed by atoms with Crippen molar-refractivity contribution in [2.75, 3.05) is 6.54 Å². The van der Waals surface area contributed by atoms with Crippen molar-refractivity contribution in [1.29, 1.82) is 0 Å². The first kappa shape index (κ1) is 15.7. The third-order valence-corrected chi connectivity index (χ3v) is 4.98. The molecule has 3 nitrogen and oxygen atoms in total. The summed E-state index contributed by atoms with van der Waals surface area (Å²) in [6.45, 7) is 11.5. The van der Waals surface area contributed by atoms with Gasteiger partial charge in [-0.25, -0.2) is 8.42 Å². The lowest BCUT2D eigenvalue weighted by Gasteiger charge is -2.26. The molecule has 0 spiro atoms. The van der Waals surface area contributed by atoms with Crippen LogP contribution in [0.5, 0.6) is 0 Å². The van der Waals surface area contributed by atoms with E-state index < -0.39 is 10.0 Å². The first-order valence-corrected chi connectivity index (χ1v) is 7.69. The quantitative estimate of drug-likeness (QED) is 0.719. The third kappa shape index (κ3) is 3.78. The molecule has 0 N–H and O–H groups in total. The summed E-state index contributed by atoms with van der Waals surface area (Å²) >= 11 is 0. The number of nitrogens with zero attached hydrogens (tertiary/aromatic N) is 1. The van der Waals surface area contributed by atoms with Crippen LogP contribution in [0.15, 0.2) is 54.5 Å². The Hall–Kier alpha value is -1.39. The van der Waals surface area contributed by atoms with Gasteiger partial charge in [-0.3, -0.25) is 0 Å². The summed E-state index contributed by atoms with van der Waals surface area (Å²) in [5.74, 6) is 0. The van der Waals surface area contributed by atoms with Crippen molar-refractivity contribution in [2.24, 2.45) is 0 Å². The van der Waals surface area contributed by atoms with Crippen LogP contribution in [0, 0.1) is 6.92 Å². The number of benzene rings is 1. The highest BCUT2D eigenvalue weighted by Gasteiger charge is 2.26. The van der Waals surface area contributed by atoms with Crippen molar-refractivity contribution in [1.82, 2.24) is 4.31 Å². The van der Waals surface area contributed by atoms with E-state index in [4.69, 9.17) is 0 Å². The van der Waals surface area contributed by atoms with Crippen LogP contribution in [0.1, 0.15) is 18.9 Å². The Morgan fingerprint density at radius 1 is 1.26 bits per heavy atom. The van der Waals surface area contributed by atoms with Gasteiger partial charge in [0.25, 0.3) is 0 Å². The van der Waals surface area contributed by atoms with E-state index in [1.165, 1.54) is 4.31 Å². The maximum atomic E-state index is 12.6. The van der Waals surface area contributed by atoms with E-state index in [2.05, 4.69) is 13.2 Å². The van der Waals surface area contributed by atoms with E-state index in [1.54, 1.807) is 36.4 Å². The molecule has 1 aromatic carbocycles. The van der Waals surface area contributed by atoms with Crippen molar-refractivity contribution in [3.63, 3.8) is 0 Å². The largest absolute Gasteiger partial charge is 0.243 e. The zero-order valence-corrected chi connectivity index (χ0v) is 12.4. The van der Waals surface area contributed by atoms with Crippen LogP contribution in [-0.4, -0.2) is 25.3 Å². The number of hydrogen-bond donors (Lipinski definition) is 0. The summed E-state index contributed by atoms with van der Waals surface area (Å²) in [7, 11) is -3.49. The molecule has 0 fully saturated rings. The molecule has 1 atom stereocenters. The molecule has 0 aliphatic carbocycles. The van der Waals surface area contributed by atoms with Crippen LogP contribution in [0.4, 0.5) is 0 Å². The van der Waals surface area contributed by atoms with Crippen LogP contribution in [-0.2, 0) is 10.0 Å². The molecule has 19 heavy (non-hydrogen) atoms. The van der Waals surface area contributed by atoms with Gasteiger partial charge in [0, 0.05) is 12.6 Å². The minimum Gasteiger partial charge on any atom is -0.207 e. The van der Waals surface area contributed by atoms with Gasteiger partial charge < -0.3 is 0 Å². The average molecular weight is 279 g/mol. The van der Waals surface area contributed by atoms with Crippen molar-refractivity contribution in [3.05, 3.63) is 55.1 Å². The molecule has 0 bridgehead atoms. The van der Waals surface area contributed by atoms with E-state index in [-0.39, 0.29) is 6.04 Å². The van der Waals surface area contributed by atoms with Gasteiger partial charge in [0.1, 0.15) is 0 Å². The summed E-state index contributed by atoms with van der Waals surface area (Å²) in [5, 5.41) is 0. The SMILES string of the molecule is C=CCCN(C(C)C=C)S(=O)(=O)c1ccc(C)cc1. The standard InChI is InChI=1S/C15H21NO2S/c1-5-7-12-16(14(4)6-2)19(17,18)15-10-8-13(3)9-11-15/h5-6,8-11,14H,1-2,7,12H2,3-4H3. The molecule has 1 rings (SSSR count). The third-order valence-electron chi connectivity index (χ3n) is 2.98. The van der Waals surface area contributed by atoms with Crippen molar-refractivity contribution in [3.8, 4) is 0 Å². The Kier molecular flexibility index (Phi) is 5.51. The van der Waals surface area contributed by atoms with E-state index in [0.717, 1.165) is 5.56 Å². The zero-order chi connectivity index (χ0) is 14.5. The van der Waals surface area contributed by atoms with Gasteiger partial charge >= 0.3 is 0 Å². The summed E-state index contributed by atoms with van der Waals surface area (Å²) < 4.78 is 26.6. The Morgan fingerprint density at radius 2 is 1.84 bits per heavy atom. The smallest absolute Gasteiger partial charge is 0.207 e. The fourth-order valence-electron chi connectivity index (χ4n) is 1.72. The highest BCUT2D eigenvalue weighted by atomic mass is 32.2. The van der Waals surface area contributed by atoms with Crippen molar-refractivity contribution >= 4 is 10.0 Å². The summed E-state index contributed by atoms with van der Waals surface area (Å²) in [6, 6.07) is 6.64. The van der Waals surface area contributed by atoms with E-state index in [9.17, 15) is 8.42 Å². The van der Waals surface area contributed by atoms with Crippen LogP contribution in [0.2, 0.25) is 0 Å². The maximum absolute atomic E-state index is 12.6. The molecule has 1 aromatic rings. The minimum atomic E-state index is -3.49. The number of aryl methyl sites for hydroxylation is 1. The second-order valence-electron chi connectivity index (χ2n) is 4.48. The molecule has 104 valence electrons. The lowest BCUT2D eigenvalue weighted by atomic mass is 10.2. The van der Waals surface area contributed by atoms with Gasteiger partial charge in [-0.15, -0.1) is 13.2 Å². The fourth-order valence-corrected chi connectivity index (χ4v) is 3.34. The Morgan fingerprint density at radius 3 is 2.32 bits per heavy atom. The lowest BCUT2D eigenvalue weighted by molar-refractivity contribution is 0.383. The van der Waals surface area contributed by atoms with Crippen LogP contribution < -0.4 is 0 Å². The zero-order valence-electron chi connectivity index (χ0n) is 11.5. The van der Waals surface area contributed by atoms with Gasteiger partial charge in [-0.1, -0.05) is 29.8 Å². The molecule has 0 saturated carbocycles. The van der Waals surface area contributed by atoms with Crippen LogP contribution in [0.3, 0.4) is 0 Å². The van der Waals surface area contributed by atoms with Crippen LogP contribution in [0.25, 0.3) is 0 Å². The molecule has 0 amide bonds. The number of sulfonamides is 1. The maximum Gasteiger partial charge on any atom is 0.243 e. The van der Waals surface area contributed by atoms with Gasteiger partial charge in [0.2, 0.25) is 10.0 Å². The Bertz CT molecular complexity index is 532. The molecule has 0 heterocycles. The summed E-state index contributed by atoms with van der Waals surface area (Å²) in [5.41, 5.74) is 1.04. The summed E-state index contributed by atoms with van der Waals surface area (Å²) in [6.07, 6.45) is 3.96. The molecule has 0 aliphatic rings. The Balaban J connectivity index is 3.14. The Labute approximate surface area is 116 Å². The minimum absolute atomic E-state index is 0.244. The first-order chi connectivity index (χ1) is 8.93. The van der Waals surface area contributed by atoms with Gasteiger partial charge in [0.05, 0.1) is 4.90 Å². The first-order valence-electron chi connectivity index (χ1n) is 6.25. The van der Waals surface area contributed by atoms with Crippen molar-refractivity contribution < 1.29 is 8.42 Å². The lowest BCUT2D eigenvalue weighted by Crippen LogP contribution is -2.38. The van der Waals surface area contributed by atoms with Gasteiger partial charge in [-0.05, 0) is 32.4 Å². The second-order valence-corrected chi connectivity index (χ2v) is 6.37. The van der Waals surface area contributed by atoms with Gasteiger partial charge in [0.15, 0.2) is 0 Å². The highest BCUT2D eigenvalue weighted by Crippen LogP contribution is 2.19.